The fraction of sp³-hybridized carbons (Fsp3) is 0.667. The first-order chi connectivity index (χ1) is 9.33. The van der Waals surface area contributed by atoms with Gasteiger partial charge in [0.2, 0.25) is 0 Å². The van der Waals surface area contributed by atoms with Gasteiger partial charge >= 0.3 is 0 Å². The highest BCUT2D eigenvalue weighted by Gasteiger charge is 2.22. The predicted molar refractivity (Wildman–Crippen MR) is 76.3 cm³/mol. The van der Waals surface area contributed by atoms with E-state index in [1.807, 2.05) is 12.4 Å². The van der Waals surface area contributed by atoms with Crippen molar-refractivity contribution in [3.63, 3.8) is 0 Å². The molecule has 0 amide bonds. The number of hydrogen-bond donors (Lipinski definition) is 1. The van der Waals surface area contributed by atoms with Crippen LogP contribution in [0.3, 0.4) is 0 Å². The number of ether oxygens (including phenoxy) is 1. The molecule has 1 aliphatic carbocycles. The summed E-state index contributed by atoms with van der Waals surface area (Å²) in [7, 11) is 2.15. The van der Waals surface area contributed by atoms with Crippen molar-refractivity contribution in [3.05, 3.63) is 24.0 Å². The first-order valence-electron chi connectivity index (χ1n) is 7.32. The summed E-state index contributed by atoms with van der Waals surface area (Å²) in [6.45, 7) is 2.81. The monoisotopic (exact) mass is 261 g/mol. The van der Waals surface area contributed by atoms with Gasteiger partial charge in [0.25, 0.3) is 0 Å². The van der Waals surface area contributed by atoms with E-state index in [-0.39, 0.29) is 0 Å². The second kappa shape index (κ2) is 5.88. The summed E-state index contributed by atoms with van der Waals surface area (Å²) < 4.78 is 5.72. The molecule has 4 heteroatoms. The van der Waals surface area contributed by atoms with Crippen molar-refractivity contribution in [3.8, 4) is 0 Å². The molecule has 1 aliphatic heterocycles. The Labute approximate surface area is 115 Å². The van der Waals surface area contributed by atoms with Gasteiger partial charge in [0.15, 0.2) is 0 Å². The maximum atomic E-state index is 5.72. The van der Waals surface area contributed by atoms with Crippen molar-refractivity contribution in [2.24, 2.45) is 0 Å². The Morgan fingerprint density at radius 1 is 1.42 bits per heavy atom. The average molecular weight is 261 g/mol. The van der Waals surface area contributed by atoms with Gasteiger partial charge in [-0.15, -0.1) is 0 Å². The normalized spacial score (nSPS) is 22.7. The second-order valence-electron chi connectivity index (χ2n) is 5.68. The van der Waals surface area contributed by atoms with E-state index in [2.05, 4.69) is 28.3 Å². The second-order valence-corrected chi connectivity index (χ2v) is 5.68. The SMILES string of the molecule is CN(CC1CCCO1)c1ccncc1CNC1CC1. The lowest BCUT2D eigenvalue weighted by molar-refractivity contribution is 0.116. The summed E-state index contributed by atoms with van der Waals surface area (Å²) in [5.74, 6) is 0. The Hall–Kier alpha value is -1.13. The Morgan fingerprint density at radius 2 is 2.32 bits per heavy atom. The number of pyridine rings is 1. The minimum Gasteiger partial charge on any atom is -0.376 e. The molecule has 104 valence electrons. The third-order valence-corrected chi connectivity index (χ3v) is 3.95. The quantitative estimate of drug-likeness (QED) is 0.849. The third kappa shape index (κ3) is 3.45. The molecule has 0 aromatic carbocycles. The highest BCUT2D eigenvalue weighted by molar-refractivity contribution is 5.51. The molecule has 0 spiro atoms. The Bertz CT molecular complexity index is 414. The molecule has 19 heavy (non-hydrogen) atoms. The van der Waals surface area contributed by atoms with Crippen LogP contribution in [0, 0.1) is 0 Å². The zero-order valence-electron chi connectivity index (χ0n) is 11.6. The molecule has 1 aromatic heterocycles. The highest BCUT2D eigenvalue weighted by Crippen LogP contribution is 2.23. The summed E-state index contributed by atoms with van der Waals surface area (Å²) in [5.41, 5.74) is 2.56. The van der Waals surface area contributed by atoms with E-state index in [0.29, 0.717) is 6.10 Å². The molecule has 0 bridgehead atoms. The summed E-state index contributed by atoms with van der Waals surface area (Å²) >= 11 is 0. The summed E-state index contributed by atoms with van der Waals surface area (Å²) in [6, 6.07) is 2.84. The smallest absolute Gasteiger partial charge is 0.0750 e. The van der Waals surface area contributed by atoms with Gasteiger partial charge in [-0.25, -0.2) is 0 Å². The molecule has 3 rings (SSSR count). The van der Waals surface area contributed by atoms with Gasteiger partial charge in [-0.2, -0.15) is 0 Å². The standard InChI is InChI=1S/C15H23N3O/c1-18(11-14-3-2-8-19-14)15-6-7-16-9-12(15)10-17-13-4-5-13/h6-7,9,13-14,17H,2-5,8,10-11H2,1H3. The first kappa shape index (κ1) is 12.9. The minimum absolute atomic E-state index is 0.391. The van der Waals surface area contributed by atoms with Crippen LogP contribution in [0.25, 0.3) is 0 Å². The van der Waals surface area contributed by atoms with Crippen LogP contribution in [0.15, 0.2) is 18.5 Å². The van der Waals surface area contributed by atoms with Gasteiger partial charge in [-0.1, -0.05) is 0 Å². The molecule has 2 fully saturated rings. The highest BCUT2D eigenvalue weighted by atomic mass is 16.5. The van der Waals surface area contributed by atoms with Gasteiger partial charge < -0.3 is 15.0 Å². The van der Waals surface area contributed by atoms with Crippen LogP contribution in [0.2, 0.25) is 0 Å². The lowest BCUT2D eigenvalue weighted by Crippen LogP contribution is -2.30. The maximum Gasteiger partial charge on any atom is 0.0750 e. The minimum atomic E-state index is 0.391. The summed E-state index contributed by atoms with van der Waals surface area (Å²) in [5, 5.41) is 3.56. The van der Waals surface area contributed by atoms with Crippen molar-refractivity contribution < 1.29 is 4.74 Å². The topological polar surface area (TPSA) is 37.4 Å². The molecule has 1 aromatic rings. The zero-order valence-corrected chi connectivity index (χ0v) is 11.6. The van der Waals surface area contributed by atoms with Crippen LogP contribution < -0.4 is 10.2 Å². The van der Waals surface area contributed by atoms with E-state index in [0.717, 1.165) is 25.7 Å². The van der Waals surface area contributed by atoms with Crippen LogP contribution >= 0.6 is 0 Å². The Kier molecular flexibility index (Phi) is 3.99. The van der Waals surface area contributed by atoms with E-state index in [4.69, 9.17) is 4.74 Å². The number of anilines is 1. The molecular formula is C15H23N3O. The molecule has 1 saturated carbocycles. The number of aromatic nitrogens is 1. The molecule has 1 unspecified atom stereocenters. The van der Waals surface area contributed by atoms with Crippen LogP contribution in [-0.2, 0) is 11.3 Å². The van der Waals surface area contributed by atoms with Crippen molar-refractivity contribution in [1.82, 2.24) is 10.3 Å². The molecule has 2 heterocycles. The third-order valence-electron chi connectivity index (χ3n) is 3.95. The number of nitrogens with zero attached hydrogens (tertiary/aromatic N) is 2. The number of rotatable bonds is 6. The molecular weight excluding hydrogens is 238 g/mol. The lowest BCUT2D eigenvalue weighted by atomic mass is 10.2. The first-order valence-corrected chi connectivity index (χ1v) is 7.32. The molecule has 4 nitrogen and oxygen atoms in total. The van der Waals surface area contributed by atoms with Crippen molar-refractivity contribution in [1.29, 1.82) is 0 Å². The predicted octanol–water partition coefficient (Wildman–Crippen LogP) is 1.95. The maximum absolute atomic E-state index is 5.72. The number of hydrogen-bond acceptors (Lipinski definition) is 4. The van der Waals surface area contributed by atoms with Crippen LogP contribution in [0.5, 0.6) is 0 Å². The lowest BCUT2D eigenvalue weighted by Gasteiger charge is -2.25. The molecule has 0 radical (unpaired) electrons. The summed E-state index contributed by atoms with van der Waals surface area (Å²) in [4.78, 5) is 6.57. The molecule has 2 aliphatic rings. The van der Waals surface area contributed by atoms with Gasteiger partial charge in [-0.3, -0.25) is 4.98 Å². The van der Waals surface area contributed by atoms with Gasteiger partial charge in [0.1, 0.15) is 0 Å². The van der Waals surface area contributed by atoms with E-state index in [1.54, 1.807) is 0 Å². The van der Waals surface area contributed by atoms with E-state index >= 15 is 0 Å². The fourth-order valence-corrected chi connectivity index (χ4v) is 2.66. The zero-order chi connectivity index (χ0) is 13.1. The largest absolute Gasteiger partial charge is 0.376 e. The average Bonchev–Trinajstić information content (AvgIpc) is 3.13. The van der Waals surface area contributed by atoms with Crippen LogP contribution in [-0.4, -0.2) is 37.3 Å². The van der Waals surface area contributed by atoms with Gasteiger partial charge in [0.05, 0.1) is 6.10 Å². The molecule has 1 atom stereocenters. The van der Waals surface area contributed by atoms with Gasteiger partial charge in [-0.05, 0) is 31.7 Å². The van der Waals surface area contributed by atoms with Crippen LogP contribution in [0.1, 0.15) is 31.2 Å². The van der Waals surface area contributed by atoms with Crippen molar-refractivity contribution in [2.45, 2.75) is 44.4 Å². The van der Waals surface area contributed by atoms with E-state index in [1.165, 1.54) is 36.9 Å². The Morgan fingerprint density at radius 3 is 3.05 bits per heavy atom. The molecule has 1 N–H and O–H groups in total. The fourth-order valence-electron chi connectivity index (χ4n) is 2.66. The number of nitrogens with one attached hydrogen (secondary N) is 1. The summed E-state index contributed by atoms with van der Waals surface area (Å²) in [6.07, 6.45) is 9.28. The van der Waals surface area contributed by atoms with E-state index < -0.39 is 0 Å². The Balaban J connectivity index is 1.63. The van der Waals surface area contributed by atoms with Crippen LogP contribution in [0.4, 0.5) is 5.69 Å². The van der Waals surface area contributed by atoms with E-state index in [9.17, 15) is 0 Å². The number of likely N-dealkylation sites (N-methyl/N-ethyl adjacent to an activating group) is 1. The molecule has 1 saturated heterocycles. The van der Waals surface area contributed by atoms with Crippen molar-refractivity contribution >= 4 is 5.69 Å². The van der Waals surface area contributed by atoms with Gasteiger partial charge in [0, 0.05) is 56.4 Å². The van der Waals surface area contributed by atoms with Crippen molar-refractivity contribution in [2.75, 3.05) is 25.1 Å².